The van der Waals surface area contributed by atoms with Crippen molar-refractivity contribution in [2.24, 2.45) is 0 Å². The van der Waals surface area contributed by atoms with Gasteiger partial charge in [0.05, 0.1) is 0 Å². The first-order chi connectivity index (χ1) is 5.36. The van der Waals surface area contributed by atoms with E-state index in [9.17, 15) is 0 Å². The third-order valence-electron chi connectivity index (χ3n) is 2.02. The molecule has 0 saturated carbocycles. The lowest BCUT2D eigenvalue weighted by Gasteiger charge is -2.14. The summed E-state index contributed by atoms with van der Waals surface area (Å²) in [5.74, 6) is 0. The summed E-state index contributed by atoms with van der Waals surface area (Å²) in [6.45, 7) is 0. The lowest BCUT2D eigenvalue weighted by molar-refractivity contribution is 0.988. The van der Waals surface area contributed by atoms with E-state index in [4.69, 9.17) is 0 Å². The third-order valence-corrected chi connectivity index (χ3v) is 2.74. The molecule has 0 amide bonds. The molecule has 0 bridgehead atoms. The Balaban J connectivity index is 2.32. The molecule has 0 fully saturated rings. The lowest BCUT2D eigenvalue weighted by Crippen LogP contribution is -1.92. The van der Waals surface area contributed by atoms with Crippen molar-refractivity contribution < 1.29 is 0 Å². The van der Waals surface area contributed by atoms with E-state index >= 15 is 0 Å². The van der Waals surface area contributed by atoms with Gasteiger partial charge in [0.15, 0.2) is 0 Å². The highest BCUT2D eigenvalue weighted by molar-refractivity contribution is 14.1. The Morgan fingerprint density at radius 3 is 2.18 bits per heavy atom. The smallest absolute Gasteiger partial charge is 0.0130 e. The van der Waals surface area contributed by atoms with E-state index in [-0.39, 0.29) is 0 Å². The Kier molecular flexibility index (Phi) is 1.98. The van der Waals surface area contributed by atoms with Crippen LogP contribution in [0.5, 0.6) is 0 Å². The topological polar surface area (TPSA) is 0 Å². The van der Waals surface area contributed by atoms with Crippen molar-refractivity contribution in [3.63, 3.8) is 0 Å². The SMILES string of the molecule is Ic1ccc(C2=CCC2)cc1. The van der Waals surface area contributed by atoms with Crippen LogP contribution < -0.4 is 0 Å². The monoisotopic (exact) mass is 256 g/mol. The summed E-state index contributed by atoms with van der Waals surface area (Å²) < 4.78 is 1.31. The van der Waals surface area contributed by atoms with Crippen molar-refractivity contribution in [2.45, 2.75) is 12.8 Å². The largest absolute Gasteiger partial charge is 0.0804 e. The molecule has 0 saturated heterocycles. The van der Waals surface area contributed by atoms with E-state index in [1.54, 1.807) is 0 Å². The number of hydrogen-bond acceptors (Lipinski definition) is 0. The molecular weight excluding hydrogens is 247 g/mol. The average Bonchev–Trinajstić information content (AvgIpc) is 1.90. The van der Waals surface area contributed by atoms with E-state index < -0.39 is 0 Å². The molecule has 1 aromatic carbocycles. The molecule has 0 aliphatic heterocycles. The second-order valence-corrected chi connectivity index (χ2v) is 4.02. The van der Waals surface area contributed by atoms with Crippen molar-refractivity contribution >= 4 is 28.2 Å². The molecule has 1 heteroatoms. The van der Waals surface area contributed by atoms with Crippen LogP contribution in [0.2, 0.25) is 0 Å². The maximum atomic E-state index is 2.33. The molecule has 0 N–H and O–H groups in total. The highest BCUT2D eigenvalue weighted by atomic mass is 127. The zero-order chi connectivity index (χ0) is 7.68. The molecular formula is C10H9I. The maximum absolute atomic E-state index is 2.33. The second-order valence-electron chi connectivity index (χ2n) is 2.77. The summed E-state index contributed by atoms with van der Waals surface area (Å²) in [6.07, 6.45) is 4.84. The quantitative estimate of drug-likeness (QED) is 0.675. The minimum absolute atomic E-state index is 1.26. The number of halogens is 1. The van der Waals surface area contributed by atoms with Crippen LogP contribution in [0.25, 0.3) is 5.57 Å². The summed E-state index contributed by atoms with van der Waals surface area (Å²) in [7, 11) is 0. The van der Waals surface area contributed by atoms with Crippen molar-refractivity contribution in [1.82, 2.24) is 0 Å². The summed E-state index contributed by atoms with van der Waals surface area (Å²) in [6, 6.07) is 8.73. The van der Waals surface area contributed by atoms with Gasteiger partial charge in [-0.3, -0.25) is 0 Å². The van der Waals surface area contributed by atoms with Crippen molar-refractivity contribution in [2.75, 3.05) is 0 Å². The van der Waals surface area contributed by atoms with Crippen LogP contribution in [0.1, 0.15) is 18.4 Å². The predicted molar refractivity (Wildman–Crippen MR) is 56.4 cm³/mol. The van der Waals surface area contributed by atoms with Crippen LogP contribution >= 0.6 is 22.6 Å². The Morgan fingerprint density at radius 2 is 1.73 bits per heavy atom. The van der Waals surface area contributed by atoms with Gasteiger partial charge in [0, 0.05) is 3.57 Å². The molecule has 0 radical (unpaired) electrons. The molecule has 0 spiro atoms. The van der Waals surface area contributed by atoms with E-state index in [1.807, 2.05) is 0 Å². The van der Waals surface area contributed by atoms with Crippen molar-refractivity contribution in [1.29, 1.82) is 0 Å². The first-order valence-corrected chi connectivity index (χ1v) is 4.89. The lowest BCUT2D eigenvalue weighted by atomic mass is 9.92. The van der Waals surface area contributed by atoms with Gasteiger partial charge in [-0.2, -0.15) is 0 Å². The van der Waals surface area contributed by atoms with E-state index in [1.165, 1.54) is 27.5 Å². The molecule has 0 heterocycles. The van der Waals surface area contributed by atoms with Crippen LogP contribution in [0.15, 0.2) is 30.3 Å². The molecule has 1 aromatic rings. The van der Waals surface area contributed by atoms with Crippen LogP contribution in [0.3, 0.4) is 0 Å². The minimum atomic E-state index is 1.26. The Bertz CT molecular complexity index is 282. The predicted octanol–water partition coefficient (Wildman–Crippen LogP) is 3.47. The van der Waals surface area contributed by atoms with Gasteiger partial charge in [-0.15, -0.1) is 0 Å². The summed E-state index contributed by atoms with van der Waals surface area (Å²) >= 11 is 2.33. The average molecular weight is 256 g/mol. The molecule has 56 valence electrons. The normalized spacial score (nSPS) is 15.5. The molecule has 1 aliphatic rings. The molecule has 0 unspecified atom stereocenters. The van der Waals surface area contributed by atoms with E-state index in [2.05, 4.69) is 52.9 Å². The van der Waals surface area contributed by atoms with E-state index in [0.717, 1.165) is 0 Å². The maximum Gasteiger partial charge on any atom is 0.0130 e. The van der Waals surface area contributed by atoms with E-state index in [0.29, 0.717) is 0 Å². The zero-order valence-corrected chi connectivity index (χ0v) is 8.34. The summed E-state index contributed by atoms with van der Waals surface area (Å²) in [5, 5.41) is 0. The van der Waals surface area contributed by atoms with Crippen LogP contribution in [-0.4, -0.2) is 0 Å². The number of allylic oxidation sites excluding steroid dienone is 2. The summed E-state index contributed by atoms with van der Waals surface area (Å²) in [5.41, 5.74) is 2.91. The number of hydrogen-bond donors (Lipinski definition) is 0. The standard InChI is InChI=1S/C10H9I/c11-10-6-4-9(5-7-10)8-2-1-3-8/h2,4-7H,1,3H2. The van der Waals surface area contributed by atoms with Crippen molar-refractivity contribution in [3.05, 3.63) is 39.5 Å². The van der Waals surface area contributed by atoms with Gasteiger partial charge >= 0.3 is 0 Å². The molecule has 0 nitrogen and oxygen atoms in total. The number of rotatable bonds is 1. The zero-order valence-electron chi connectivity index (χ0n) is 6.18. The Labute approximate surface area is 80.5 Å². The second kappa shape index (κ2) is 2.97. The van der Waals surface area contributed by atoms with Gasteiger partial charge in [0.25, 0.3) is 0 Å². The first kappa shape index (κ1) is 7.35. The molecule has 11 heavy (non-hydrogen) atoms. The number of benzene rings is 1. The van der Waals surface area contributed by atoms with Gasteiger partial charge in [-0.25, -0.2) is 0 Å². The van der Waals surface area contributed by atoms with Crippen LogP contribution in [0.4, 0.5) is 0 Å². The summed E-state index contributed by atoms with van der Waals surface area (Å²) in [4.78, 5) is 0. The van der Waals surface area contributed by atoms with Gasteiger partial charge < -0.3 is 0 Å². The van der Waals surface area contributed by atoms with Gasteiger partial charge in [0.2, 0.25) is 0 Å². The van der Waals surface area contributed by atoms with Gasteiger partial charge in [-0.05, 0) is 58.7 Å². The highest BCUT2D eigenvalue weighted by Crippen LogP contribution is 2.28. The molecule has 2 rings (SSSR count). The molecule has 0 aromatic heterocycles. The van der Waals surface area contributed by atoms with Gasteiger partial charge in [0.1, 0.15) is 0 Å². The fraction of sp³-hybridized carbons (Fsp3) is 0.200. The molecule has 1 aliphatic carbocycles. The Hall–Kier alpha value is -0.310. The first-order valence-electron chi connectivity index (χ1n) is 3.81. The van der Waals surface area contributed by atoms with Gasteiger partial charge in [-0.1, -0.05) is 18.2 Å². The molecule has 0 atom stereocenters. The highest BCUT2D eigenvalue weighted by Gasteiger charge is 2.06. The van der Waals surface area contributed by atoms with Crippen LogP contribution in [0, 0.1) is 3.57 Å². The minimum Gasteiger partial charge on any atom is -0.0804 e. The fourth-order valence-corrected chi connectivity index (χ4v) is 1.57. The van der Waals surface area contributed by atoms with Crippen LogP contribution in [-0.2, 0) is 0 Å². The Morgan fingerprint density at radius 1 is 1.09 bits per heavy atom. The third kappa shape index (κ3) is 1.48. The fourth-order valence-electron chi connectivity index (χ4n) is 1.21. The van der Waals surface area contributed by atoms with Crippen molar-refractivity contribution in [3.8, 4) is 0 Å².